The molecule has 3 aromatic rings. The van der Waals surface area contributed by atoms with Crippen molar-refractivity contribution >= 4 is 29.0 Å². The van der Waals surface area contributed by atoms with E-state index in [1.165, 1.54) is 29.9 Å². The van der Waals surface area contributed by atoms with Gasteiger partial charge in [-0.3, -0.25) is 14.3 Å². The molecule has 7 nitrogen and oxygen atoms in total. The second-order valence-corrected chi connectivity index (χ2v) is 6.52. The van der Waals surface area contributed by atoms with Gasteiger partial charge >= 0.3 is 0 Å². The minimum Gasteiger partial charge on any atom is -0.359 e. The summed E-state index contributed by atoms with van der Waals surface area (Å²) in [6.45, 7) is 0.554. The van der Waals surface area contributed by atoms with Crippen LogP contribution in [0.4, 0.5) is 10.1 Å². The van der Waals surface area contributed by atoms with E-state index in [1.807, 2.05) is 0 Å². The number of aromatic nitrogens is 3. The van der Waals surface area contributed by atoms with Crippen molar-refractivity contribution in [1.82, 2.24) is 19.5 Å². The first-order valence-corrected chi connectivity index (χ1v) is 9.13. The Bertz CT molecular complexity index is 939. The summed E-state index contributed by atoms with van der Waals surface area (Å²) in [6.07, 6.45) is 5.85. The molecule has 0 fully saturated rings. The number of halogens is 1. The van der Waals surface area contributed by atoms with E-state index in [2.05, 4.69) is 20.1 Å². The second-order valence-electron chi connectivity index (χ2n) is 5.86. The number of benzene rings is 1. The third-order valence-electron chi connectivity index (χ3n) is 3.89. The van der Waals surface area contributed by atoms with Crippen LogP contribution in [0.15, 0.2) is 42.2 Å². The molecular weight excluding hydrogens is 369 g/mol. The quantitative estimate of drug-likeness (QED) is 0.652. The molecule has 140 valence electrons. The molecule has 0 saturated heterocycles. The fourth-order valence-electron chi connectivity index (χ4n) is 2.52. The molecule has 1 aromatic carbocycles. The van der Waals surface area contributed by atoms with Crippen molar-refractivity contribution < 1.29 is 14.0 Å². The zero-order valence-electron chi connectivity index (χ0n) is 14.6. The Morgan fingerprint density at radius 2 is 2.07 bits per heavy atom. The summed E-state index contributed by atoms with van der Waals surface area (Å²) >= 11 is 1.26. The molecule has 0 radical (unpaired) electrons. The van der Waals surface area contributed by atoms with E-state index in [9.17, 15) is 14.0 Å². The van der Waals surface area contributed by atoms with Crippen LogP contribution < -0.4 is 10.6 Å². The molecule has 2 N–H and O–H groups in total. The van der Waals surface area contributed by atoms with Gasteiger partial charge in [0.25, 0.3) is 5.91 Å². The molecule has 0 spiro atoms. The van der Waals surface area contributed by atoms with Gasteiger partial charge in [-0.1, -0.05) is 0 Å². The van der Waals surface area contributed by atoms with Gasteiger partial charge in [-0.15, -0.1) is 0 Å². The predicted molar refractivity (Wildman–Crippen MR) is 101 cm³/mol. The Kier molecular flexibility index (Phi) is 5.92. The maximum atomic E-state index is 13.9. The van der Waals surface area contributed by atoms with Crippen molar-refractivity contribution in [2.75, 3.05) is 12.4 Å². The highest BCUT2D eigenvalue weighted by Crippen LogP contribution is 2.23. The molecule has 2 aromatic heterocycles. The van der Waals surface area contributed by atoms with Crippen molar-refractivity contribution in [2.24, 2.45) is 0 Å². The van der Waals surface area contributed by atoms with E-state index in [4.69, 9.17) is 0 Å². The van der Waals surface area contributed by atoms with Gasteiger partial charge in [-0.25, -0.2) is 8.76 Å². The number of nitrogens with one attached hydrogen (secondary N) is 2. The summed E-state index contributed by atoms with van der Waals surface area (Å²) in [6, 6.07) is 4.17. The number of carbonyl (C=O) groups is 2. The average Bonchev–Trinajstić information content (AvgIpc) is 3.33. The van der Waals surface area contributed by atoms with Gasteiger partial charge in [0.15, 0.2) is 0 Å². The Balaban J connectivity index is 1.65. The van der Waals surface area contributed by atoms with Crippen LogP contribution in [0.5, 0.6) is 0 Å². The normalized spacial score (nSPS) is 10.6. The van der Waals surface area contributed by atoms with Gasteiger partial charge in [-0.05, 0) is 41.7 Å². The summed E-state index contributed by atoms with van der Waals surface area (Å²) in [7, 11) is 1.59. The van der Waals surface area contributed by atoms with Gasteiger partial charge in [0.1, 0.15) is 5.82 Å². The maximum absolute atomic E-state index is 13.9. The number of rotatable bonds is 7. The zero-order valence-corrected chi connectivity index (χ0v) is 15.4. The molecule has 2 heterocycles. The number of nitrogens with zero attached hydrogens (tertiary/aromatic N) is 3. The largest absolute Gasteiger partial charge is 0.359 e. The van der Waals surface area contributed by atoms with Crippen LogP contribution in [-0.4, -0.2) is 33.0 Å². The lowest BCUT2D eigenvalue weighted by molar-refractivity contribution is -0.120. The smallest absolute Gasteiger partial charge is 0.255 e. The number of carbonyl (C=O) groups excluding carboxylic acids is 2. The van der Waals surface area contributed by atoms with Crippen molar-refractivity contribution in [3.63, 3.8) is 0 Å². The molecular formula is C18H18FN5O2S. The van der Waals surface area contributed by atoms with Crippen molar-refractivity contribution in [3.8, 4) is 11.1 Å². The van der Waals surface area contributed by atoms with Gasteiger partial charge in [-0.2, -0.15) is 5.10 Å². The number of amides is 2. The average molecular weight is 387 g/mol. The Morgan fingerprint density at radius 3 is 2.81 bits per heavy atom. The van der Waals surface area contributed by atoms with Crippen LogP contribution in [0, 0.1) is 5.82 Å². The fourth-order valence-corrected chi connectivity index (χ4v) is 3.06. The fraction of sp³-hybridized carbons (Fsp3) is 0.222. The first-order chi connectivity index (χ1) is 13.0. The third-order valence-corrected chi connectivity index (χ3v) is 4.47. The van der Waals surface area contributed by atoms with Crippen molar-refractivity contribution in [1.29, 1.82) is 0 Å². The first kappa shape index (κ1) is 18.7. The number of hydrogen-bond donors (Lipinski definition) is 2. The predicted octanol–water partition coefficient (Wildman–Crippen LogP) is 2.92. The topological polar surface area (TPSA) is 88.9 Å². The molecule has 0 bridgehead atoms. The molecule has 27 heavy (non-hydrogen) atoms. The SMILES string of the molecule is CNC(=O)CCCn1cc(NC(=O)c2cc(F)cc(-c3cnsc3)c2)cn1. The Morgan fingerprint density at radius 1 is 1.22 bits per heavy atom. The minimum absolute atomic E-state index is 0.0292. The van der Waals surface area contributed by atoms with Crippen LogP contribution in [-0.2, 0) is 11.3 Å². The van der Waals surface area contributed by atoms with E-state index < -0.39 is 11.7 Å². The van der Waals surface area contributed by atoms with Crippen LogP contribution in [0.3, 0.4) is 0 Å². The summed E-state index contributed by atoms with van der Waals surface area (Å²) in [4.78, 5) is 23.7. The van der Waals surface area contributed by atoms with Crippen molar-refractivity contribution in [3.05, 3.63) is 53.6 Å². The lowest BCUT2D eigenvalue weighted by atomic mass is 10.1. The van der Waals surface area contributed by atoms with Gasteiger partial charge in [0, 0.05) is 48.9 Å². The van der Waals surface area contributed by atoms with Crippen LogP contribution >= 0.6 is 11.5 Å². The van der Waals surface area contributed by atoms with Gasteiger partial charge in [0.2, 0.25) is 5.91 Å². The minimum atomic E-state index is -0.492. The summed E-state index contributed by atoms with van der Waals surface area (Å²) in [5, 5.41) is 11.2. The van der Waals surface area contributed by atoms with E-state index in [0.717, 1.165) is 5.56 Å². The highest BCUT2D eigenvalue weighted by Gasteiger charge is 2.12. The molecule has 2 amide bonds. The summed E-state index contributed by atoms with van der Waals surface area (Å²) in [5.41, 5.74) is 2.07. The number of aryl methyl sites for hydroxylation is 1. The molecule has 0 atom stereocenters. The molecule has 0 aliphatic heterocycles. The first-order valence-electron chi connectivity index (χ1n) is 8.30. The van der Waals surface area contributed by atoms with Crippen molar-refractivity contribution in [2.45, 2.75) is 19.4 Å². The lowest BCUT2D eigenvalue weighted by Crippen LogP contribution is -2.17. The van der Waals surface area contributed by atoms with Gasteiger partial charge < -0.3 is 10.6 Å². The number of anilines is 1. The molecule has 9 heteroatoms. The standard InChI is InChI=1S/C18H18FN5O2S/c1-20-17(25)3-2-4-24-10-16(9-21-24)23-18(26)13-5-12(6-15(19)7-13)14-8-22-27-11-14/h5-11H,2-4H2,1H3,(H,20,25)(H,23,26). The van der Waals surface area contributed by atoms with Crippen LogP contribution in [0.1, 0.15) is 23.2 Å². The monoisotopic (exact) mass is 387 g/mol. The highest BCUT2D eigenvalue weighted by atomic mass is 32.1. The Hall–Kier alpha value is -3.07. The van der Waals surface area contributed by atoms with E-state index in [1.54, 1.807) is 35.6 Å². The molecule has 0 aliphatic rings. The van der Waals surface area contributed by atoms with Gasteiger partial charge in [0.05, 0.1) is 11.9 Å². The number of hydrogen-bond acceptors (Lipinski definition) is 5. The summed E-state index contributed by atoms with van der Waals surface area (Å²) < 4.78 is 19.6. The van der Waals surface area contributed by atoms with E-state index in [-0.39, 0.29) is 11.5 Å². The van der Waals surface area contributed by atoms with E-state index in [0.29, 0.717) is 30.6 Å². The lowest BCUT2D eigenvalue weighted by Gasteiger charge is -2.05. The third kappa shape index (κ3) is 4.98. The molecule has 0 unspecified atom stereocenters. The maximum Gasteiger partial charge on any atom is 0.255 e. The van der Waals surface area contributed by atoms with Crippen LogP contribution in [0.2, 0.25) is 0 Å². The molecule has 3 rings (SSSR count). The zero-order chi connectivity index (χ0) is 19.2. The van der Waals surface area contributed by atoms with E-state index >= 15 is 0 Å². The highest BCUT2D eigenvalue weighted by molar-refractivity contribution is 7.03. The molecule has 0 saturated carbocycles. The second kappa shape index (κ2) is 8.54. The van der Waals surface area contributed by atoms with Crippen LogP contribution in [0.25, 0.3) is 11.1 Å². The molecule has 0 aliphatic carbocycles. The summed E-state index contributed by atoms with van der Waals surface area (Å²) in [5.74, 6) is -0.948. The Labute approximate surface area is 159 Å².